The van der Waals surface area contributed by atoms with E-state index < -0.39 is 0 Å². The van der Waals surface area contributed by atoms with Gasteiger partial charge in [-0.3, -0.25) is 4.79 Å². The molecule has 3 aromatic heterocycles. The number of nitrogens with one attached hydrogen (secondary N) is 1. The molecule has 18 heavy (non-hydrogen) atoms. The predicted octanol–water partition coefficient (Wildman–Crippen LogP) is 1.98. The number of H-pyrrole nitrogens is 1. The Morgan fingerprint density at radius 2 is 2.28 bits per heavy atom. The molecule has 0 bridgehead atoms. The molecule has 0 aliphatic rings. The van der Waals surface area contributed by atoms with E-state index in [4.69, 9.17) is 4.42 Å². The van der Waals surface area contributed by atoms with Crippen molar-refractivity contribution in [2.24, 2.45) is 0 Å². The van der Waals surface area contributed by atoms with Crippen LogP contribution < -0.4 is 5.56 Å². The molecule has 0 unspecified atom stereocenters. The van der Waals surface area contributed by atoms with Crippen molar-refractivity contribution < 1.29 is 4.42 Å². The largest absolute Gasteiger partial charge is 0.467 e. The Morgan fingerprint density at radius 1 is 1.44 bits per heavy atom. The fourth-order valence-corrected chi connectivity index (χ4v) is 2.26. The highest BCUT2D eigenvalue weighted by Gasteiger charge is 2.14. The number of aromatic amines is 1. The van der Waals surface area contributed by atoms with E-state index in [2.05, 4.69) is 10.2 Å². The van der Waals surface area contributed by atoms with Crippen molar-refractivity contribution in [3.8, 4) is 0 Å². The van der Waals surface area contributed by atoms with Crippen LogP contribution >= 0.6 is 0 Å². The van der Waals surface area contributed by atoms with Crippen LogP contribution in [0.5, 0.6) is 0 Å². The third kappa shape index (κ3) is 1.48. The van der Waals surface area contributed by atoms with E-state index in [0.717, 1.165) is 22.4 Å². The van der Waals surface area contributed by atoms with Gasteiger partial charge in [-0.05, 0) is 31.5 Å². The maximum absolute atomic E-state index is 11.9. The number of hydrogen-bond acceptors (Lipinski definition) is 3. The minimum absolute atomic E-state index is 0.171. The fraction of sp³-hybridized carbons (Fsp3) is 0.231. The average Bonchev–Trinajstić information content (AvgIpc) is 2.94. The van der Waals surface area contributed by atoms with Crippen LogP contribution in [0.25, 0.3) is 10.9 Å². The Labute approximate surface area is 103 Å². The Hall–Kier alpha value is -2.30. The van der Waals surface area contributed by atoms with E-state index in [1.165, 1.54) is 0 Å². The van der Waals surface area contributed by atoms with Crippen molar-refractivity contribution in [1.82, 2.24) is 14.8 Å². The van der Waals surface area contributed by atoms with Crippen LogP contribution in [0.2, 0.25) is 0 Å². The summed E-state index contributed by atoms with van der Waals surface area (Å²) in [4.78, 5) is 11.9. The van der Waals surface area contributed by atoms with Crippen molar-refractivity contribution >= 4 is 10.9 Å². The van der Waals surface area contributed by atoms with Crippen LogP contribution in [-0.4, -0.2) is 14.8 Å². The van der Waals surface area contributed by atoms with E-state index in [1.807, 2.05) is 30.5 Å². The number of fused-ring (bicyclic) bond motifs is 1. The molecule has 3 rings (SSSR count). The first kappa shape index (κ1) is 10.8. The summed E-state index contributed by atoms with van der Waals surface area (Å²) in [6.07, 6.45) is 3.33. The van der Waals surface area contributed by atoms with Crippen LogP contribution in [0.1, 0.15) is 17.0 Å². The average molecular weight is 243 g/mol. The van der Waals surface area contributed by atoms with Crippen LogP contribution in [0, 0.1) is 13.8 Å². The molecule has 5 nitrogen and oxygen atoms in total. The zero-order valence-corrected chi connectivity index (χ0v) is 10.2. The topological polar surface area (TPSA) is 63.8 Å². The van der Waals surface area contributed by atoms with Crippen LogP contribution in [-0.2, 0) is 6.54 Å². The lowest BCUT2D eigenvalue weighted by Gasteiger charge is -2.05. The number of nitrogens with zero attached hydrogens (tertiary/aromatic N) is 2. The molecule has 92 valence electrons. The Kier molecular flexibility index (Phi) is 2.33. The second kappa shape index (κ2) is 3.87. The molecular formula is C13H13N3O2. The second-order valence-corrected chi connectivity index (χ2v) is 4.34. The summed E-state index contributed by atoms with van der Waals surface area (Å²) in [5.74, 6) is 0.825. The van der Waals surface area contributed by atoms with Gasteiger partial charge in [-0.25, -0.2) is 5.10 Å². The normalized spacial score (nSPS) is 11.2. The smallest absolute Gasteiger partial charge is 0.288 e. The van der Waals surface area contributed by atoms with Crippen LogP contribution in [0.3, 0.4) is 0 Å². The van der Waals surface area contributed by atoms with Gasteiger partial charge < -0.3 is 8.98 Å². The van der Waals surface area contributed by atoms with Gasteiger partial charge in [-0.2, -0.15) is 5.10 Å². The molecule has 0 amide bonds. The molecule has 0 spiro atoms. The molecule has 0 atom stereocenters. The van der Waals surface area contributed by atoms with E-state index >= 15 is 0 Å². The van der Waals surface area contributed by atoms with Crippen molar-refractivity contribution in [3.05, 3.63) is 52.0 Å². The molecule has 0 aromatic carbocycles. The highest BCUT2D eigenvalue weighted by atomic mass is 16.3. The summed E-state index contributed by atoms with van der Waals surface area (Å²) in [6, 6.07) is 3.74. The van der Waals surface area contributed by atoms with Gasteiger partial charge in [-0.15, -0.1) is 0 Å². The summed E-state index contributed by atoms with van der Waals surface area (Å²) >= 11 is 0. The molecule has 3 aromatic rings. The molecule has 0 aliphatic heterocycles. The SMILES string of the molecule is Cc1c(C)n(Cc2ccco2)c2c(=O)[nH]ncc12. The summed E-state index contributed by atoms with van der Waals surface area (Å²) in [6.45, 7) is 4.55. The molecule has 0 aliphatic carbocycles. The zero-order chi connectivity index (χ0) is 12.7. The van der Waals surface area contributed by atoms with Gasteiger partial charge in [0.25, 0.3) is 5.56 Å². The lowest BCUT2D eigenvalue weighted by molar-refractivity contribution is 0.494. The molecule has 0 saturated heterocycles. The lowest BCUT2D eigenvalue weighted by atomic mass is 10.2. The van der Waals surface area contributed by atoms with Crippen molar-refractivity contribution in [2.75, 3.05) is 0 Å². The van der Waals surface area contributed by atoms with Crippen LogP contribution in [0.15, 0.2) is 33.8 Å². The van der Waals surface area contributed by atoms with E-state index in [0.29, 0.717) is 12.1 Å². The Morgan fingerprint density at radius 3 is 3.00 bits per heavy atom. The first-order chi connectivity index (χ1) is 8.68. The van der Waals surface area contributed by atoms with Gasteiger partial charge in [0.2, 0.25) is 0 Å². The maximum Gasteiger partial charge on any atom is 0.288 e. The van der Waals surface area contributed by atoms with Gasteiger partial charge in [0.05, 0.1) is 19.0 Å². The van der Waals surface area contributed by atoms with Crippen LogP contribution in [0.4, 0.5) is 0 Å². The summed E-state index contributed by atoms with van der Waals surface area (Å²) in [5.41, 5.74) is 2.61. The van der Waals surface area contributed by atoms with Crippen molar-refractivity contribution in [2.45, 2.75) is 20.4 Å². The molecule has 0 saturated carbocycles. The monoisotopic (exact) mass is 243 g/mol. The Balaban J connectivity index is 2.28. The van der Waals surface area contributed by atoms with Gasteiger partial charge in [-0.1, -0.05) is 0 Å². The number of aromatic nitrogens is 3. The number of hydrogen-bond donors (Lipinski definition) is 1. The van der Waals surface area contributed by atoms with Crippen molar-refractivity contribution in [1.29, 1.82) is 0 Å². The number of rotatable bonds is 2. The predicted molar refractivity (Wildman–Crippen MR) is 67.6 cm³/mol. The molecule has 3 heterocycles. The zero-order valence-electron chi connectivity index (χ0n) is 10.2. The minimum Gasteiger partial charge on any atom is -0.467 e. The third-order valence-electron chi connectivity index (χ3n) is 3.35. The quantitative estimate of drug-likeness (QED) is 0.748. The molecule has 0 fully saturated rings. The molecular weight excluding hydrogens is 230 g/mol. The molecule has 5 heteroatoms. The fourth-order valence-electron chi connectivity index (χ4n) is 2.26. The lowest BCUT2D eigenvalue weighted by Crippen LogP contribution is -2.13. The van der Waals surface area contributed by atoms with Gasteiger partial charge in [0, 0.05) is 11.1 Å². The third-order valence-corrected chi connectivity index (χ3v) is 3.35. The summed E-state index contributed by atoms with van der Waals surface area (Å²) < 4.78 is 7.30. The van der Waals surface area contributed by atoms with Crippen molar-refractivity contribution in [3.63, 3.8) is 0 Å². The van der Waals surface area contributed by atoms with Gasteiger partial charge >= 0.3 is 0 Å². The highest BCUT2D eigenvalue weighted by Crippen LogP contribution is 2.22. The second-order valence-electron chi connectivity index (χ2n) is 4.34. The number of furan rings is 1. The van der Waals surface area contributed by atoms with Gasteiger partial charge in [0.1, 0.15) is 11.3 Å². The summed E-state index contributed by atoms with van der Waals surface area (Å²) in [5, 5.41) is 7.22. The first-order valence-electron chi connectivity index (χ1n) is 5.74. The molecule has 0 radical (unpaired) electrons. The summed E-state index contributed by atoms with van der Waals surface area (Å²) in [7, 11) is 0. The highest BCUT2D eigenvalue weighted by molar-refractivity contribution is 5.83. The van der Waals surface area contributed by atoms with E-state index in [-0.39, 0.29) is 5.56 Å². The van der Waals surface area contributed by atoms with E-state index in [1.54, 1.807) is 12.5 Å². The standard InChI is InChI=1S/C13H13N3O2/c1-8-9(2)16(7-10-4-3-5-18-10)12-11(8)6-14-15-13(12)17/h3-6H,7H2,1-2H3,(H,15,17). The van der Waals surface area contributed by atoms with Gasteiger partial charge in [0.15, 0.2) is 0 Å². The first-order valence-corrected chi connectivity index (χ1v) is 5.74. The Bertz CT molecular complexity index is 750. The van der Waals surface area contributed by atoms with E-state index in [9.17, 15) is 4.79 Å². The maximum atomic E-state index is 11.9. The minimum atomic E-state index is -0.171. The molecule has 1 N–H and O–H groups in total. The number of aryl methyl sites for hydroxylation is 1.